The molecule has 0 aromatic carbocycles. The van der Waals surface area contributed by atoms with Gasteiger partial charge in [0, 0.05) is 12.7 Å². The van der Waals surface area contributed by atoms with Crippen LogP contribution < -0.4 is 0 Å². The molecule has 1 heterocycles. The van der Waals surface area contributed by atoms with Crippen molar-refractivity contribution in [2.75, 3.05) is 14.2 Å². The van der Waals surface area contributed by atoms with Gasteiger partial charge >= 0.3 is 11.9 Å². The number of ether oxygens (including phenoxy) is 2. The molecular weight excluding hydrogens is 226 g/mol. The van der Waals surface area contributed by atoms with E-state index in [0.29, 0.717) is 11.4 Å². The summed E-state index contributed by atoms with van der Waals surface area (Å²) in [6, 6.07) is 3.10. The van der Waals surface area contributed by atoms with Crippen LogP contribution in [0.25, 0.3) is 0 Å². The summed E-state index contributed by atoms with van der Waals surface area (Å²) in [5.41, 5.74) is 0.766. The molecule has 1 atom stereocenters. The third kappa shape index (κ3) is 2.85. The van der Waals surface area contributed by atoms with Crippen molar-refractivity contribution in [1.82, 2.24) is 4.57 Å². The number of carbonyl (C=O) groups excluding carboxylic acids is 2. The molecular formula is C11H15NO5. The molecule has 0 aliphatic rings. The first-order chi connectivity index (χ1) is 8.01. The highest BCUT2D eigenvalue weighted by molar-refractivity contribution is 5.87. The van der Waals surface area contributed by atoms with Crippen molar-refractivity contribution in [2.24, 2.45) is 7.05 Å². The number of rotatable bonds is 4. The molecule has 17 heavy (non-hydrogen) atoms. The predicted octanol–water partition coefficient (Wildman–Crippen LogP) is 0.408. The lowest BCUT2D eigenvalue weighted by Crippen LogP contribution is -2.14. The average Bonchev–Trinajstić information content (AvgIpc) is 2.69. The van der Waals surface area contributed by atoms with Crippen LogP contribution in [0.4, 0.5) is 0 Å². The molecule has 0 radical (unpaired) electrons. The van der Waals surface area contributed by atoms with E-state index in [1.54, 1.807) is 13.1 Å². The van der Waals surface area contributed by atoms with Gasteiger partial charge in [-0.05, 0) is 12.1 Å². The van der Waals surface area contributed by atoms with E-state index in [0.717, 1.165) is 0 Å². The molecule has 1 aromatic rings. The fraction of sp³-hybridized carbons (Fsp3) is 0.455. The van der Waals surface area contributed by atoms with E-state index in [4.69, 9.17) is 0 Å². The molecule has 0 spiro atoms. The van der Waals surface area contributed by atoms with Crippen LogP contribution in [0.1, 0.15) is 28.7 Å². The molecule has 0 aliphatic carbocycles. The van der Waals surface area contributed by atoms with Crippen molar-refractivity contribution < 1.29 is 24.2 Å². The number of hydrogen-bond acceptors (Lipinski definition) is 5. The summed E-state index contributed by atoms with van der Waals surface area (Å²) in [5, 5.41) is 9.80. The van der Waals surface area contributed by atoms with Crippen molar-refractivity contribution in [2.45, 2.75) is 12.5 Å². The van der Waals surface area contributed by atoms with Gasteiger partial charge in [-0.1, -0.05) is 0 Å². The van der Waals surface area contributed by atoms with Gasteiger partial charge in [-0.2, -0.15) is 0 Å². The topological polar surface area (TPSA) is 77.8 Å². The third-order valence-electron chi connectivity index (χ3n) is 2.48. The lowest BCUT2D eigenvalue weighted by molar-refractivity contribution is -0.143. The van der Waals surface area contributed by atoms with Crippen molar-refractivity contribution in [3.63, 3.8) is 0 Å². The quantitative estimate of drug-likeness (QED) is 0.772. The highest BCUT2D eigenvalue weighted by Crippen LogP contribution is 2.19. The van der Waals surface area contributed by atoms with Crippen LogP contribution in [0.5, 0.6) is 0 Å². The number of nitrogens with zero attached hydrogens (tertiary/aromatic N) is 1. The molecule has 0 saturated heterocycles. The lowest BCUT2D eigenvalue weighted by Gasteiger charge is -2.11. The number of carbonyl (C=O) groups is 2. The Morgan fingerprint density at radius 2 is 2.00 bits per heavy atom. The molecule has 6 nitrogen and oxygen atoms in total. The van der Waals surface area contributed by atoms with Crippen LogP contribution in [0.2, 0.25) is 0 Å². The highest BCUT2D eigenvalue weighted by atomic mass is 16.5. The second-order valence-corrected chi connectivity index (χ2v) is 3.49. The maximum atomic E-state index is 11.3. The monoisotopic (exact) mass is 241 g/mol. The number of esters is 2. The van der Waals surface area contributed by atoms with Crippen LogP contribution in [0, 0.1) is 0 Å². The zero-order valence-electron chi connectivity index (χ0n) is 9.97. The molecule has 1 N–H and O–H groups in total. The number of aliphatic hydroxyl groups is 1. The summed E-state index contributed by atoms with van der Waals surface area (Å²) >= 11 is 0. The lowest BCUT2D eigenvalue weighted by atomic mass is 10.2. The number of hydrogen-bond donors (Lipinski definition) is 1. The average molecular weight is 241 g/mol. The fourth-order valence-electron chi connectivity index (χ4n) is 1.52. The maximum Gasteiger partial charge on any atom is 0.354 e. The van der Waals surface area contributed by atoms with E-state index in [1.165, 1.54) is 24.9 Å². The van der Waals surface area contributed by atoms with Crippen molar-refractivity contribution >= 4 is 11.9 Å². The van der Waals surface area contributed by atoms with E-state index in [-0.39, 0.29) is 6.42 Å². The Bertz CT molecular complexity index is 423. The predicted molar refractivity (Wildman–Crippen MR) is 58.3 cm³/mol. The summed E-state index contributed by atoms with van der Waals surface area (Å²) in [6.45, 7) is 0. The Hall–Kier alpha value is -1.82. The van der Waals surface area contributed by atoms with Crippen LogP contribution in [-0.4, -0.2) is 35.8 Å². The standard InChI is InChI=1S/C11H15NO5/c1-12-7(9(13)6-10(14)16-2)4-5-8(12)11(15)17-3/h4-5,9,13H,6H2,1-3H3. The highest BCUT2D eigenvalue weighted by Gasteiger charge is 2.20. The number of aromatic nitrogens is 1. The first-order valence-electron chi connectivity index (χ1n) is 5.00. The summed E-state index contributed by atoms with van der Waals surface area (Å²) in [4.78, 5) is 22.4. The van der Waals surface area contributed by atoms with Gasteiger partial charge in [0.1, 0.15) is 11.8 Å². The van der Waals surface area contributed by atoms with Gasteiger partial charge in [-0.3, -0.25) is 4.79 Å². The van der Waals surface area contributed by atoms with Crippen molar-refractivity contribution in [3.8, 4) is 0 Å². The van der Waals surface area contributed by atoms with Gasteiger partial charge in [-0.25, -0.2) is 4.79 Å². The Morgan fingerprint density at radius 3 is 2.53 bits per heavy atom. The first kappa shape index (κ1) is 13.2. The summed E-state index contributed by atoms with van der Waals surface area (Å²) < 4.78 is 10.5. The van der Waals surface area contributed by atoms with Crippen LogP contribution in [-0.2, 0) is 21.3 Å². The number of methoxy groups -OCH3 is 2. The van der Waals surface area contributed by atoms with Gasteiger partial charge in [0.05, 0.1) is 20.6 Å². The minimum absolute atomic E-state index is 0.158. The summed E-state index contributed by atoms with van der Waals surface area (Å²) in [7, 11) is 4.14. The largest absolute Gasteiger partial charge is 0.469 e. The Kier molecular flexibility index (Phi) is 4.28. The fourth-order valence-corrected chi connectivity index (χ4v) is 1.52. The van der Waals surface area contributed by atoms with Crippen LogP contribution in [0.3, 0.4) is 0 Å². The van der Waals surface area contributed by atoms with Crippen LogP contribution >= 0.6 is 0 Å². The minimum Gasteiger partial charge on any atom is -0.469 e. The maximum absolute atomic E-state index is 11.3. The zero-order chi connectivity index (χ0) is 13.0. The van der Waals surface area contributed by atoms with E-state index >= 15 is 0 Å². The van der Waals surface area contributed by atoms with E-state index in [9.17, 15) is 14.7 Å². The molecule has 0 aliphatic heterocycles. The second-order valence-electron chi connectivity index (χ2n) is 3.49. The summed E-state index contributed by atoms with van der Waals surface area (Å²) in [6.07, 6.45) is -1.17. The molecule has 1 aromatic heterocycles. The molecule has 6 heteroatoms. The molecule has 0 saturated carbocycles. The number of aliphatic hydroxyl groups excluding tert-OH is 1. The van der Waals surface area contributed by atoms with E-state index in [1.807, 2.05) is 0 Å². The van der Waals surface area contributed by atoms with Gasteiger partial charge in [-0.15, -0.1) is 0 Å². The normalized spacial score (nSPS) is 12.0. The van der Waals surface area contributed by atoms with E-state index < -0.39 is 18.0 Å². The van der Waals surface area contributed by atoms with E-state index in [2.05, 4.69) is 9.47 Å². The Labute approximate surface area is 98.7 Å². The smallest absolute Gasteiger partial charge is 0.354 e. The first-order valence-corrected chi connectivity index (χ1v) is 5.00. The summed E-state index contributed by atoms with van der Waals surface area (Å²) in [5.74, 6) is -1.01. The van der Waals surface area contributed by atoms with Gasteiger partial charge < -0.3 is 19.1 Å². The van der Waals surface area contributed by atoms with Crippen LogP contribution in [0.15, 0.2) is 12.1 Å². The second kappa shape index (κ2) is 5.49. The molecule has 0 fully saturated rings. The molecule has 1 unspecified atom stereocenters. The zero-order valence-corrected chi connectivity index (χ0v) is 9.97. The molecule has 0 amide bonds. The van der Waals surface area contributed by atoms with Crippen molar-refractivity contribution in [1.29, 1.82) is 0 Å². The Morgan fingerprint density at radius 1 is 1.35 bits per heavy atom. The van der Waals surface area contributed by atoms with Gasteiger partial charge in [0.2, 0.25) is 0 Å². The van der Waals surface area contributed by atoms with Crippen molar-refractivity contribution in [3.05, 3.63) is 23.5 Å². The molecule has 1 rings (SSSR count). The van der Waals surface area contributed by atoms with Gasteiger partial charge in [0.25, 0.3) is 0 Å². The Balaban J connectivity index is 2.89. The van der Waals surface area contributed by atoms with Gasteiger partial charge in [0.15, 0.2) is 0 Å². The third-order valence-corrected chi connectivity index (χ3v) is 2.48. The minimum atomic E-state index is -1.01. The SMILES string of the molecule is COC(=O)CC(O)c1ccc(C(=O)OC)n1C. The molecule has 94 valence electrons. The molecule has 0 bridgehead atoms.